The fourth-order valence-electron chi connectivity index (χ4n) is 3.36. The third-order valence-corrected chi connectivity index (χ3v) is 5.02. The molecule has 1 amide bonds. The van der Waals surface area contributed by atoms with E-state index in [0.29, 0.717) is 32.2 Å². The molecule has 1 aromatic rings. The Morgan fingerprint density at radius 1 is 1.16 bits per heavy atom. The number of benzene rings is 1. The van der Waals surface area contributed by atoms with Crippen LogP contribution in [0.25, 0.3) is 0 Å². The third kappa shape index (κ3) is 5.42. The highest BCUT2D eigenvalue weighted by Crippen LogP contribution is 2.19. The van der Waals surface area contributed by atoms with Gasteiger partial charge in [-0.25, -0.2) is 4.79 Å². The molecule has 6 heteroatoms. The topological polar surface area (TPSA) is 62.2 Å². The van der Waals surface area contributed by atoms with Crippen molar-refractivity contribution in [3.05, 3.63) is 35.9 Å². The number of aliphatic hydroxyl groups excluding tert-OH is 1. The largest absolute Gasteiger partial charge is 0.445 e. The Labute approximate surface area is 149 Å². The van der Waals surface area contributed by atoms with Crippen LogP contribution in [0.4, 0.5) is 4.79 Å². The van der Waals surface area contributed by atoms with Crippen molar-refractivity contribution in [3.63, 3.8) is 0 Å². The van der Waals surface area contributed by atoms with Gasteiger partial charge in [0.05, 0.1) is 12.7 Å². The molecule has 2 aliphatic heterocycles. The summed E-state index contributed by atoms with van der Waals surface area (Å²) in [5.74, 6) is 0.299. The fourth-order valence-corrected chi connectivity index (χ4v) is 3.36. The van der Waals surface area contributed by atoms with Crippen LogP contribution in [-0.4, -0.2) is 73.0 Å². The number of carbonyl (C=O) groups excluding carboxylic acids is 1. The summed E-state index contributed by atoms with van der Waals surface area (Å²) in [5, 5.41) is 9.16. The normalized spacial score (nSPS) is 24.9. The van der Waals surface area contributed by atoms with Crippen molar-refractivity contribution < 1.29 is 19.4 Å². The number of rotatable bonds is 5. The number of carbonyl (C=O) groups is 1. The number of amides is 1. The second-order valence-electron chi connectivity index (χ2n) is 6.91. The van der Waals surface area contributed by atoms with E-state index in [4.69, 9.17) is 14.6 Å². The maximum Gasteiger partial charge on any atom is 0.410 e. The second-order valence-corrected chi connectivity index (χ2v) is 6.91. The van der Waals surface area contributed by atoms with Gasteiger partial charge in [-0.15, -0.1) is 0 Å². The number of hydrogen-bond donors (Lipinski definition) is 1. The van der Waals surface area contributed by atoms with Gasteiger partial charge in [-0.2, -0.15) is 0 Å². The molecule has 2 saturated heterocycles. The van der Waals surface area contributed by atoms with Crippen molar-refractivity contribution in [2.24, 2.45) is 5.92 Å². The summed E-state index contributed by atoms with van der Waals surface area (Å²) < 4.78 is 11.2. The van der Waals surface area contributed by atoms with E-state index < -0.39 is 0 Å². The smallest absolute Gasteiger partial charge is 0.410 e. The summed E-state index contributed by atoms with van der Waals surface area (Å²) in [6, 6.07) is 9.74. The summed E-state index contributed by atoms with van der Waals surface area (Å²) in [7, 11) is 0. The lowest BCUT2D eigenvalue weighted by Gasteiger charge is -2.37. The average Bonchev–Trinajstić information content (AvgIpc) is 2.68. The highest BCUT2D eigenvalue weighted by atomic mass is 16.6. The number of piperazine rings is 1. The highest BCUT2D eigenvalue weighted by Gasteiger charge is 2.26. The van der Waals surface area contributed by atoms with Crippen LogP contribution in [0.5, 0.6) is 0 Å². The molecule has 2 aliphatic rings. The van der Waals surface area contributed by atoms with E-state index in [1.807, 2.05) is 30.3 Å². The van der Waals surface area contributed by atoms with Crippen LogP contribution in [0, 0.1) is 5.92 Å². The first kappa shape index (κ1) is 18.2. The molecule has 3 rings (SSSR count). The minimum atomic E-state index is -0.233. The molecule has 2 atom stereocenters. The maximum absolute atomic E-state index is 12.2. The van der Waals surface area contributed by atoms with Gasteiger partial charge in [0.15, 0.2) is 0 Å². The van der Waals surface area contributed by atoms with Crippen molar-refractivity contribution in [1.29, 1.82) is 0 Å². The lowest BCUT2D eigenvalue weighted by molar-refractivity contribution is -0.0483. The molecule has 0 unspecified atom stereocenters. The van der Waals surface area contributed by atoms with E-state index in [1.165, 1.54) is 0 Å². The molecule has 0 aliphatic carbocycles. The van der Waals surface area contributed by atoms with Gasteiger partial charge in [0.25, 0.3) is 0 Å². The van der Waals surface area contributed by atoms with Crippen LogP contribution in [0.15, 0.2) is 30.3 Å². The molecular formula is C19H28N2O4. The quantitative estimate of drug-likeness (QED) is 0.878. The predicted molar refractivity (Wildman–Crippen MR) is 94.2 cm³/mol. The number of aliphatic hydroxyl groups is 1. The van der Waals surface area contributed by atoms with Crippen molar-refractivity contribution in [1.82, 2.24) is 9.80 Å². The van der Waals surface area contributed by atoms with Crippen molar-refractivity contribution in [3.8, 4) is 0 Å². The Morgan fingerprint density at radius 3 is 2.56 bits per heavy atom. The van der Waals surface area contributed by atoms with Gasteiger partial charge < -0.3 is 19.5 Å². The molecule has 0 bridgehead atoms. The molecule has 25 heavy (non-hydrogen) atoms. The van der Waals surface area contributed by atoms with Crippen molar-refractivity contribution in [2.75, 3.05) is 45.9 Å². The number of ether oxygens (including phenoxy) is 2. The molecule has 0 saturated carbocycles. The SMILES string of the molecule is O=C(OCc1ccccc1)N1CCN(C[C@@H]2CC[C@@H](CO)CO2)CC1. The molecule has 6 nitrogen and oxygen atoms in total. The van der Waals surface area contributed by atoms with Gasteiger partial charge >= 0.3 is 6.09 Å². The molecule has 1 N–H and O–H groups in total. The third-order valence-electron chi connectivity index (χ3n) is 5.02. The maximum atomic E-state index is 12.2. The van der Waals surface area contributed by atoms with Crippen LogP contribution in [-0.2, 0) is 16.1 Å². The second kappa shape index (κ2) is 9.17. The molecule has 138 valence electrons. The van der Waals surface area contributed by atoms with Crippen molar-refractivity contribution in [2.45, 2.75) is 25.6 Å². The first-order chi connectivity index (χ1) is 12.2. The summed E-state index contributed by atoms with van der Waals surface area (Å²) in [6.45, 7) is 5.20. The molecular weight excluding hydrogens is 320 g/mol. The van der Waals surface area contributed by atoms with Gasteiger partial charge in [-0.05, 0) is 18.4 Å². The van der Waals surface area contributed by atoms with E-state index in [0.717, 1.165) is 38.0 Å². The van der Waals surface area contributed by atoms with E-state index in [1.54, 1.807) is 4.90 Å². The van der Waals surface area contributed by atoms with E-state index in [2.05, 4.69) is 4.90 Å². The summed E-state index contributed by atoms with van der Waals surface area (Å²) in [5.41, 5.74) is 1.00. The average molecular weight is 348 g/mol. The molecule has 1 aromatic carbocycles. The fraction of sp³-hybridized carbons (Fsp3) is 0.632. The molecule has 0 radical (unpaired) electrons. The van der Waals surface area contributed by atoms with Gasteiger partial charge in [-0.1, -0.05) is 30.3 Å². The Kier molecular flexibility index (Phi) is 6.67. The number of hydrogen-bond acceptors (Lipinski definition) is 5. The first-order valence-corrected chi connectivity index (χ1v) is 9.15. The highest BCUT2D eigenvalue weighted by molar-refractivity contribution is 5.67. The lowest BCUT2D eigenvalue weighted by Crippen LogP contribution is -2.51. The Balaban J connectivity index is 1.35. The Morgan fingerprint density at radius 2 is 1.92 bits per heavy atom. The van der Waals surface area contributed by atoms with E-state index in [-0.39, 0.29) is 18.8 Å². The van der Waals surface area contributed by atoms with Gasteiger partial charge in [0.2, 0.25) is 0 Å². The summed E-state index contributed by atoms with van der Waals surface area (Å²) in [4.78, 5) is 16.3. The van der Waals surface area contributed by atoms with E-state index in [9.17, 15) is 4.79 Å². The summed E-state index contributed by atoms with van der Waals surface area (Å²) in [6.07, 6.45) is 2.06. The Bertz CT molecular complexity index is 523. The zero-order valence-corrected chi connectivity index (χ0v) is 14.7. The zero-order valence-electron chi connectivity index (χ0n) is 14.7. The van der Waals surface area contributed by atoms with Crippen LogP contribution in [0.1, 0.15) is 18.4 Å². The predicted octanol–water partition coefficient (Wildman–Crippen LogP) is 1.73. The Hall–Kier alpha value is -1.63. The van der Waals surface area contributed by atoms with Gasteiger partial charge in [-0.3, -0.25) is 4.90 Å². The standard InChI is InChI=1S/C19H28N2O4/c22-13-17-6-7-18(24-15-17)12-20-8-10-21(11-9-20)19(23)25-14-16-4-2-1-3-5-16/h1-5,17-18,22H,6-15H2/t17-,18-/m0/s1. The first-order valence-electron chi connectivity index (χ1n) is 9.15. The van der Waals surface area contributed by atoms with Crippen molar-refractivity contribution >= 4 is 6.09 Å². The number of nitrogens with zero attached hydrogens (tertiary/aromatic N) is 2. The minimum Gasteiger partial charge on any atom is -0.445 e. The monoisotopic (exact) mass is 348 g/mol. The van der Waals surface area contributed by atoms with Crippen LogP contribution in [0.3, 0.4) is 0 Å². The lowest BCUT2D eigenvalue weighted by atomic mass is 9.99. The van der Waals surface area contributed by atoms with E-state index >= 15 is 0 Å². The zero-order chi connectivity index (χ0) is 17.5. The molecule has 2 fully saturated rings. The molecule has 2 heterocycles. The molecule has 0 aromatic heterocycles. The van der Waals surface area contributed by atoms with Crippen LogP contribution in [0.2, 0.25) is 0 Å². The molecule has 0 spiro atoms. The van der Waals surface area contributed by atoms with Crippen LogP contribution < -0.4 is 0 Å². The van der Waals surface area contributed by atoms with Crippen LogP contribution >= 0.6 is 0 Å². The van der Waals surface area contributed by atoms with Gasteiger partial charge in [0, 0.05) is 45.2 Å². The van der Waals surface area contributed by atoms with Gasteiger partial charge in [0.1, 0.15) is 6.61 Å². The minimum absolute atomic E-state index is 0.219. The summed E-state index contributed by atoms with van der Waals surface area (Å²) >= 11 is 0.